The van der Waals surface area contributed by atoms with Crippen LogP contribution in [0.3, 0.4) is 0 Å². The lowest BCUT2D eigenvalue weighted by Gasteiger charge is -2.45. The molecule has 11 nitrogen and oxygen atoms in total. The third kappa shape index (κ3) is 6.08. The normalized spacial score (nSPS) is 18.5. The third-order valence-corrected chi connectivity index (χ3v) is 8.77. The van der Waals surface area contributed by atoms with Crippen LogP contribution in [-0.4, -0.2) is 95.3 Å². The Morgan fingerprint density at radius 3 is 2.63 bits per heavy atom. The third-order valence-electron chi connectivity index (χ3n) is 8.77. The lowest BCUT2D eigenvalue weighted by atomic mass is 9.91. The van der Waals surface area contributed by atoms with Crippen LogP contribution in [0.2, 0.25) is 0 Å². The van der Waals surface area contributed by atoms with E-state index in [2.05, 4.69) is 26.9 Å². The van der Waals surface area contributed by atoms with Crippen LogP contribution in [0.4, 0.5) is 17.6 Å². The number of hydrogen-bond donors (Lipinski definition) is 1. The number of ether oxygens (including phenoxy) is 1. The SMILES string of the molecule is C=CC(=O)N1CCC(F)(CN2CC(n3nnc(-c4cc(OCC(C)(O)c5ccc(F)cn5)c5c(c4)ncn5C(F)F)c3C)C2)CC1. The first-order chi connectivity index (χ1) is 21.9. The van der Waals surface area contributed by atoms with E-state index in [4.69, 9.17) is 4.74 Å². The highest BCUT2D eigenvalue weighted by Crippen LogP contribution is 2.37. The van der Waals surface area contributed by atoms with Gasteiger partial charge in [-0.25, -0.2) is 18.4 Å². The second-order valence-corrected chi connectivity index (χ2v) is 12.2. The first-order valence-corrected chi connectivity index (χ1v) is 14.9. The van der Waals surface area contributed by atoms with Crippen molar-refractivity contribution in [1.82, 2.24) is 39.3 Å². The summed E-state index contributed by atoms with van der Waals surface area (Å²) < 4.78 is 65.1. The molecule has 1 atom stereocenters. The van der Waals surface area contributed by atoms with Gasteiger partial charge in [-0.2, -0.15) is 8.78 Å². The van der Waals surface area contributed by atoms with Gasteiger partial charge >= 0.3 is 6.55 Å². The summed E-state index contributed by atoms with van der Waals surface area (Å²) in [4.78, 5) is 23.5. The number of likely N-dealkylation sites (tertiary alicyclic amines) is 2. The van der Waals surface area contributed by atoms with E-state index >= 15 is 4.39 Å². The van der Waals surface area contributed by atoms with Gasteiger partial charge in [0.1, 0.15) is 47.0 Å². The zero-order valence-corrected chi connectivity index (χ0v) is 25.4. The van der Waals surface area contributed by atoms with Gasteiger partial charge in [0, 0.05) is 51.1 Å². The number of aliphatic hydroxyl groups is 1. The molecule has 1 amide bonds. The highest BCUT2D eigenvalue weighted by molar-refractivity contribution is 5.88. The standard InChI is InChI=1S/C31H34F4N8O3/c1-4-26(44)41-9-7-31(35,8-10-41)16-40-14-22(15-40)43-19(2)27(38-39-43)20-11-23-28(42(18-37-23)29(33)34)24(12-20)46-17-30(3,45)25-6-5-21(32)13-36-25/h4-6,11-13,18,22,29,45H,1,7-10,14-17H2,2-3H3. The molecule has 0 aliphatic carbocycles. The zero-order valence-electron chi connectivity index (χ0n) is 25.4. The van der Waals surface area contributed by atoms with E-state index in [0.717, 1.165) is 24.3 Å². The Morgan fingerprint density at radius 2 is 1.98 bits per heavy atom. The summed E-state index contributed by atoms with van der Waals surface area (Å²) >= 11 is 0. The number of piperidine rings is 1. The Bertz CT molecular complexity index is 1740. The molecule has 3 aromatic heterocycles. The van der Waals surface area contributed by atoms with E-state index in [9.17, 15) is 23.1 Å². The maximum Gasteiger partial charge on any atom is 0.320 e. The van der Waals surface area contributed by atoms with Gasteiger partial charge in [0.15, 0.2) is 0 Å². The van der Waals surface area contributed by atoms with Gasteiger partial charge in [0.05, 0.1) is 29.1 Å². The lowest BCUT2D eigenvalue weighted by Crippen LogP contribution is -2.56. The number of pyridine rings is 1. The van der Waals surface area contributed by atoms with Crippen LogP contribution in [0.25, 0.3) is 22.3 Å². The molecule has 0 radical (unpaired) electrons. The molecule has 0 bridgehead atoms. The van der Waals surface area contributed by atoms with E-state index in [1.165, 1.54) is 19.1 Å². The van der Waals surface area contributed by atoms with Crippen LogP contribution in [-0.2, 0) is 10.4 Å². The predicted octanol–water partition coefficient (Wildman–Crippen LogP) is 4.19. The molecule has 1 N–H and O–H groups in total. The Morgan fingerprint density at radius 1 is 1.24 bits per heavy atom. The van der Waals surface area contributed by atoms with Crippen LogP contribution in [0, 0.1) is 12.7 Å². The van der Waals surface area contributed by atoms with Gasteiger partial charge in [0.25, 0.3) is 0 Å². The van der Waals surface area contributed by atoms with Crippen molar-refractivity contribution in [2.45, 2.75) is 50.6 Å². The number of nitrogens with zero attached hydrogens (tertiary/aromatic N) is 8. The first-order valence-electron chi connectivity index (χ1n) is 14.9. The molecular formula is C31H34F4N8O3. The Hall–Kier alpha value is -4.37. The number of amides is 1. The number of halogens is 4. The molecule has 2 aliphatic rings. The molecule has 0 spiro atoms. The van der Waals surface area contributed by atoms with Crippen LogP contribution in [0.5, 0.6) is 5.75 Å². The summed E-state index contributed by atoms with van der Waals surface area (Å²) in [6.07, 6.45) is 3.76. The molecule has 2 fully saturated rings. The zero-order chi connectivity index (χ0) is 32.8. The number of carbonyl (C=O) groups is 1. The summed E-state index contributed by atoms with van der Waals surface area (Å²) in [5.41, 5.74) is -0.919. The van der Waals surface area contributed by atoms with Crippen molar-refractivity contribution < 1.29 is 32.2 Å². The Balaban J connectivity index is 1.18. The Kier molecular flexibility index (Phi) is 8.31. The van der Waals surface area contributed by atoms with Gasteiger partial charge in [-0.3, -0.25) is 19.2 Å². The van der Waals surface area contributed by atoms with Gasteiger partial charge in [-0.1, -0.05) is 11.8 Å². The molecule has 1 unspecified atom stereocenters. The second-order valence-electron chi connectivity index (χ2n) is 12.2. The van der Waals surface area contributed by atoms with Crippen molar-refractivity contribution in [1.29, 1.82) is 0 Å². The Labute approximate surface area is 262 Å². The van der Waals surface area contributed by atoms with Crippen molar-refractivity contribution in [2.75, 3.05) is 39.3 Å². The van der Waals surface area contributed by atoms with Gasteiger partial charge in [-0.05, 0) is 44.2 Å². The topological polar surface area (TPSA) is 114 Å². The molecule has 4 aromatic rings. The highest BCUT2D eigenvalue weighted by atomic mass is 19.3. The van der Waals surface area contributed by atoms with Crippen molar-refractivity contribution in [2.24, 2.45) is 0 Å². The number of rotatable bonds is 10. The number of aromatic nitrogens is 6. The monoisotopic (exact) mass is 642 g/mol. The summed E-state index contributed by atoms with van der Waals surface area (Å²) in [5.74, 6) is -0.720. The van der Waals surface area contributed by atoms with Crippen LogP contribution < -0.4 is 4.74 Å². The van der Waals surface area contributed by atoms with E-state index in [1.54, 1.807) is 21.7 Å². The van der Waals surface area contributed by atoms with Crippen LogP contribution in [0.1, 0.15) is 43.7 Å². The molecule has 15 heteroatoms. The number of carbonyl (C=O) groups excluding carboxylic acids is 1. The smallest absolute Gasteiger partial charge is 0.320 e. The number of hydrogen-bond acceptors (Lipinski definition) is 8. The fourth-order valence-electron chi connectivity index (χ4n) is 6.11. The molecule has 2 saturated heterocycles. The van der Waals surface area contributed by atoms with Crippen molar-refractivity contribution >= 4 is 16.9 Å². The van der Waals surface area contributed by atoms with Gasteiger partial charge < -0.3 is 14.7 Å². The van der Waals surface area contributed by atoms with E-state index in [-0.39, 0.29) is 60.4 Å². The highest BCUT2D eigenvalue weighted by Gasteiger charge is 2.41. The average molecular weight is 643 g/mol. The summed E-state index contributed by atoms with van der Waals surface area (Å²) in [6.45, 7) is 5.62. The first kappa shape index (κ1) is 31.6. The number of alkyl halides is 3. The summed E-state index contributed by atoms with van der Waals surface area (Å²) in [6, 6.07) is 5.60. The maximum atomic E-state index is 15.5. The quantitative estimate of drug-likeness (QED) is 0.202. The number of imidazole rings is 1. The predicted molar refractivity (Wildman–Crippen MR) is 159 cm³/mol. The van der Waals surface area contributed by atoms with E-state index < -0.39 is 23.6 Å². The largest absolute Gasteiger partial charge is 0.488 e. The fraction of sp³-hybridized carbons (Fsp3) is 0.452. The maximum absolute atomic E-state index is 15.5. The molecule has 2 aliphatic heterocycles. The molecule has 46 heavy (non-hydrogen) atoms. The molecule has 6 rings (SSSR count). The van der Waals surface area contributed by atoms with Crippen molar-refractivity contribution in [3.63, 3.8) is 0 Å². The molecule has 244 valence electrons. The minimum Gasteiger partial charge on any atom is -0.488 e. The summed E-state index contributed by atoms with van der Waals surface area (Å²) in [7, 11) is 0. The average Bonchev–Trinajstić information content (AvgIpc) is 3.61. The lowest BCUT2D eigenvalue weighted by molar-refractivity contribution is -0.129. The second kappa shape index (κ2) is 12.1. The number of benzene rings is 1. The van der Waals surface area contributed by atoms with Gasteiger partial charge in [-0.15, -0.1) is 5.10 Å². The fourth-order valence-corrected chi connectivity index (χ4v) is 6.11. The minimum atomic E-state index is -2.90. The van der Waals surface area contributed by atoms with E-state index in [0.29, 0.717) is 42.0 Å². The van der Waals surface area contributed by atoms with Gasteiger partial charge in [0.2, 0.25) is 5.91 Å². The molecule has 1 aromatic carbocycles. The number of fused-ring (bicyclic) bond motifs is 1. The van der Waals surface area contributed by atoms with E-state index in [1.807, 2.05) is 11.8 Å². The van der Waals surface area contributed by atoms with Crippen LogP contribution in [0.15, 0.2) is 49.4 Å². The van der Waals surface area contributed by atoms with Crippen LogP contribution >= 0.6 is 0 Å². The minimum absolute atomic E-state index is 0.0288. The molecular weight excluding hydrogens is 608 g/mol. The molecule has 0 saturated carbocycles. The van der Waals surface area contributed by atoms with Crippen molar-refractivity contribution in [3.8, 4) is 17.0 Å². The molecule has 5 heterocycles. The van der Waals surface area contributed by atoms with Crippen molar-refractivity contribution in [3.05, 3.63) is 66.6 Å². The summed E-state index contributed by atoms with van der Waals surface area (Å²) in [5, 5.41) is 19.7.